The fourth-order valence-electron chi connectivity index (χ4n) is 2.23. The molecule has 9 heteroatoms. The van der Waals surface area contributed by atoms with Crippen LogP contribution in [0.3, 0.4) is 0 Å². The van der Waals surface area contributed by atoms with E-state index in [9.17, 15) is 4.79 Å². The summed E-state index contributed by atoms with van der Waals surface area (Å²) in [6.07, 6.45) is 0. The molecule has 0 bridgehead atoms. The molecular formula is C15H13N5O3S. The highest BCUT2D eigenvalue weighted by Crippen LogP contribution is 2.36. The van der Waals surface area contributed by atoms with Crippen LogP contribution in [0.15, 0.2) is 23.6 Å². The standard InChI is InChI=1S/C15H13N5O3S/c1-8-13(18-19-20(8)2)17-14(21)10-6-24-15(16-10)9-3-4-11-12(5-9)23-7-22-11/h3-6H,7H2,1-2H3,(H,17,21). The van der Waals surface area contributed by atoms with Gasteiger partial charge in [0.25, 0.3) is 5.91 Å². The molecule has 0 fully saturated rings. The highest BCUT2D eigenvalue weighted by Gasteiger charge is 2.18. The van der Waals surface area contributed by atoms with Gasteiger partial charge in [-0.15, -0.1) is 16.4 Å². The lowest BCUT2D eigenvalue weighted by atomic mass is 10.2. The minimum atomic E-state index is -0.318. The van der Waals surface area contributed by atoms with Crippen LogP contribution in [0.4, 0.5) is 5.82 Å². The van der Waals surface area contributed by atoms with Gasteiger partial charge < -0.3 is 14.8 Å². The fraction of sp³-hybridized carbons (Fsp3) is 0.200. The van der Waals surface area contributed by atoms with Gasteiger partial charge in [0.1, 0.15) is 10.7 Å². The second-order valence-corrected chi connectivity index (χ2v) is 6.07. The third-order valence-electron chi connectivity index (χ3n) is 3.70. The second-order valence-electron chi connectivity index (χ2n) is 5.21. The Labute approximate surface area is 141 Å². The third-order valence-corrected chi connectivity index (χ3v) is 4.59. The first kappa shape index (κ1) is 14.6. The first-order valence-electron chi connectivity index (χ1n) is 7.15. The summed E-state index contributed by atoms with van der Waals surface area (Å²) in [6, 6.07) is 5.58. The van der Waals surface area contributed by atoms with Gasteiger partial charge in [0, 0.05) is 18.0 Å². The molecule has 2 aromatic heterocycles. The molecule has 3 heterocycles. The first-order valence-corrected chi connectivity index (χ1v) is 8.03. The lowest BCUT2D eigenvalue weighted by Crippen LogP contribution is -2.13. The Kier molecular flexibility index (Phi) is 3.42. The number of nitrogens with one attached hydrogen (secondary N) is 1. The molecule has 8 nitrogen and oxygen atoms in total. The monoisotopic (exact) mass is 343 g/mol. The van der Waals surface area contributed by atoms with Crippen molar-refractivity contribution in [3.05, 3.63) is 35.0 Å². The number of rotatable bonds is 3. The zero-order valence-electron chi connectivity index (χ0n) is 12.9. The SMILES string of the molecule is Cc1c(NC(=O)c2csc(-c3ccc4c(c3)OCO4)n2)nnn1C. The molecule has 1 aliphatic heterocycles. The molecule has 0 unspecified atom stereocenters. The molecule has 0 saturated carbocycles. The van der Waals surface area contributed by atoms with Crippen molar-refractivity contribution in [2.24, 2.45) is 7.05 Å². The first-order chi connectivity index (χ1) is 11.6. The van der Waals surface area contributed by atoms with Crippen molar-refractivity contribution in [3.8, 4) is 22.1 Å². The van der Waals surface area contributed by atoms with Crippen molar-refractivity contribution in [1.82, 2.24) is 20.0 Å². The number of ether oxygens (including phenoxy) is 2. The smallest absolute Gasteiger partial charge is 0.276 e. The van der Waals surface area contributed by atoms with E-state index in [2.05, 4.69) is 20.6 Å². The molecule has 0 radical (unpaired) electrons. The molecule has 0 atom stereocenters. The number of fused-ring (bicyclic) bond motifs is 1. The molecule has 24 heavy (non-hydrogen) atoms. The van der Waals surface area contributed by atoms with Gasteiger partial charge in [-0.05, 0) is 25.1 Å². The number of hydrogen-bond acceptors (Lipinski definition) is 7. The van der Waals surface area contributed by atoms with Crippen LogP contribution in [0.25, 0.3) is 10.6 Å². The van der Waals surface area contributed by atoms with Crippen molar-refractivity contribution >= 4 is 23.1 Å². The van der Waals surface area contributed by atoms with Crippen LogP contribution < -0.4 is 14.8 Å². The van der Waals surface area contributed by atoms with Gasteiger partial charge in [-0.25, -0.2) is 4.98 Å². The van der Waals surface area contributed by atoms with Crippen molar-refractivity contribution in [3.63, 3.8) is 0 Å². The Hall–Kier alpha value is -2.94. The van der Waals surface area contributed by atoms with Gasteiger partial charge in [-0.3, -0.25) is 9.48 Å². The summed E-state index contributed by atoms with van der Waals surface area (Å²) in [5.41, 5.74) is 1.98. The van der Waals surface area contributed by atoms with Crippen LogP contribution in [-0.2, 0) is 7.05 Å². The van der Waals surface area contributed by atoms with E-state index in [1.54, 1.807) is 17.1 Å². The average Bonchev–Trinajstić information content (AvgIpc) is 3.30. The van der Waals surface area contributed by atoms with Crippen molar-refractivity contribution < 1.29 is 14.3 Å². The average molecular weight is 343 g/mol. The van der Waals surface area contributed by atoms with Crippen LogP contribution in [-0.4, -0.2) is 32.7 Å². The molecule has 1 amide bonds. The Bertz CT molecular complexity index is 933. The number of aromatic nitrogens is 4. The highest BCUT2D eigenvalue weighted by molar-refractivity contribution is 7.13. The lowest BCUT2D eigenvalue weighted by Gasteiger charge is -2.01. The maximum absolute atomic E-state index is 12.3. The summed E-state index contributed by atoms with van der Waals surface area (Å²) in [4.78, 5) is 16.7. The number of hydrogen-bond donors (Lipinski definition) is 1. The van der Waals surface area contributed by atoms with E-state index in [1.165, 1.54) is 11.3 Å². The third kappa shape index (κ3) is 2.48. The summed E-state index contributed by atoms with van der Waals surface area (Å²) < 4.78 is 12.3. The molecule has 1 aromatic carbocycles. The number of aryl methyl sites for hydroxylation is 1. The van der Waals surface area contributed by atoms with E-state index in [0.29, 0.717) is 23.0 Å². The van der Waals surface area contributed by atoms with Crippen LogP contribution in [0.5, 0.6) is 11.5 Å². The summed E-state index contributed by atoms with van der Waals surface area (Å²) in [5.74, 6) is 1.51. The minimum absolute atomic E-state index is 0.224. The Morgan fingerprint density at radius 2 is 2.17 bits per heavy atom. The number of benzene rings is 1. The number of carbonyl (C=O) groups excluding carboxylic acids is 1. The predicted molar refractivity (Wildman–Crippen MR) is 87.4 cm³/mol. The van der Waals surface area contributed by atoms with Crippen molar-refractivity contribution in [2.45, 2.75) is 6.92 Å². The van der Waals surface area contributed by atoms with E-state index in [4.69, 9.17) is 9.47 Å². The molecule has 0 saturated heterocycles. The molecule has 122 valence electrons. The van der Waals surface area contributed by atoms with Crippen LogP contribution in [0.2, 0.25) is 0 Å². The minimum Gasteiger partial charge on any atom is -0.454 e. The Balaban J connectivity index is 1.56. The fourth-order valence-corrected chi connectivity index (χ4v) is 3.03. The quantitative estimate of drug-likeness (QED) is 0.784. The zero-order chi connectivity index (χ0) is 16.7. The Morgan fingerprint density at radius 1 is 1.33 bits per heavy atom. The van der Waals surface area contributed by atoms with Gasteiger partial charge in [-0.1, -0.05) is 5.21 Å². The molecule has 1 aliphatic rings. The number of amides is 1. The Morgan fingerprint density at radius 3 is 2.96 bits per heavy atom. The predicted octanol–water partition coefficient (Wildman–Crippen LogP) is 2.23. The second kappa shape index (κ2) is 5.60. The van der Waals surface area contributed by atoms with Crippen molar-refractivity contribution in [2.75, 3.05) is 12.1 Å². The van der Waals surface area contributed by atoms with Crippen LogP contribution in [0, 0.1) is 6.92 Å². The van der Waals surface area contributed by atoms with E-state index < -0.39 is 0 Å². The molecular weight excluding hydrogens is 330 g/mol. The molecule has 0 spiro atoms. The molecule has 1 N–H and O–H groups in total. The maximum Gasteiger partial charge on any atom is 0.276 e. The van der Waals surface area contributed by atoms with Crippen molar-refractivity contribution in [1.29, 1.82) is 0 Å². The van der Waals surface area contributed by atoms with Crippen LogP contribution in [0.1, 0.15) is 16.2 Å². The van der Waals surface area contributed by atoms with E-state index >= 15 is 0 Å². The molecule has 0 aliphatic carbocycles. The van der Waals surface area contributed by atoms with E-state index in [1.807, 2.05) is 25.1 Å². The summed E-state index contributed by atoms with van der Waals surface area (Å²) in [5, 5.41) is 12.9. The van der Waals surface area contributed by atoms with E-state index in [0.717, 1.165) is 16.3 Å². The van der Waals surface area contributed by atoms with Crippen LogP contribution >= 0.6 is 11.3 Å². The summed E-state index contributed by atoms with van der Waals surface area (Å²) in [7, 11) is 1.76. The normalized spacial score (nSPS) is 12.4. The number of nitrogens with zero attached hydrogens (tertiary/aromatic N) is 4. The largest absolute Gasteiger partial charge is 0.454 e. The van der Waals surface area contributed by atoms with Gasteiger partial charge in [-0.2, -0.15) is 0 Å². The molecule has 4 rings (SSSR count). The topological polar surface area (TPSA) is 91.2 Å². The molecule has 3 aromatic rings. The zero-order valence-corrected chi connectivity index (χ0v) is 13.8. The maximum atomic E-state index is 12.3. The van der Waals surface area contributed by atoms with Gasteiger partial charge in [0.05, 0.1) is 5.69 Å². The summed E-state index contributed by atoms with van der Waals surface area (Å²) >= 11 is 1.39. The van der Waals surface area contributed by atoms with Gasteiger partial charge >= 0.3 is 0 Å². The van der Waals surface area contributed by atoms with Gasteiger partial charge in [0.15, 0.2) is 17.3 Å². The number of anilines is 1. The summed E-state index contributed by atoms with van der Waals surface area (Å²) in [6.45, 7) is 2.05. The number of thiazole rings is 1. The van der Waals surface area contributed by atoms with Gasteiger partial charge in [0.2, 0.25) is 6.79 Å². The lowest BCUT2D eigenvalue weighted by molar-refractivity contribution is 0.102. The number of carbonyl (C=O) groups is 1. The van der Waals surface area contributed by atoms with E-state index in [-0.39, 0.29) is 12.7 Å². The highest BCUT2D eigenvalue weighted by atomic mass is 32.1.